The highest BCUT2D eigenvalue weighted by Gasteiger charge is 2.24. The number of aromatic nitrogens is 2. The Morgan fingerprint density at radius 2 is 1.69 bits per heavy atom. The summed E-state index contributed by atoms with van der Waals surface area (Å²) in [7, 11) is 0. The first-order valence-corrected chi connectivity index (χ1v) is 11.2. The van der Waals surface area contributed by atoms with Crippen LogP contribution in [0.25, 0.3) is 22.4 Å². The average Bonchev–Trinajstić information content (AvgIpc) is 3.12. The number of halogens is 1. The molecule has 1 aliphatic rings. The molecule has 32 heavy (non-hydrogen) atoms. The lowest BCUT2D eigenvalue weighted by molar-refractivity contribution is -0.142. The predicted octanol–water partition coefficient (Wildman–Crippen LogP) is 5.57. The molecule has 168 valence electrons. The van der Waals surface area contributed by atoms with E-state index in [9.17, 15) is 9.18 Å². The molecule has 4 rings (SSSR count). The van der Waals surface area contributed by atoms with Gasteiger partial charge in [-0.1, -0.05) is 42.5 Å². The number of benzene rings is 2. The van der Waals surface area contributed by atoms with Gasteiger partial charge in [0.15, 0.2) is 0 Å². The van der Waals surface area contributed by atoms with Crippen molar-refractivity contribution in [3.05, 3.63) is 66.1 Å². The SMILES string of the molecule is Cc1c(-c2ccc(F)cc2)c(-c2ccccc2)nn1CC1CCC(COCC(=O)O)CC1. The summed E-state index contributed by atoms with van der Waals surface area (Å²) in [4.78, 5) is 10.6. The highest BCUT2D eigenvalue weighted by atomic mass is 19.1. The fourth-order valence-corrected chi connectivity index (χ4v) is 4.62. The molecule has 3 aromatic rings. The highest BCUT2D eigenvalue weighted by molar-refractivity contribution is 5.82. The molecule has 1 N–H and O–H groups in total. The van der Waals surface area contributed by atoms with Gasteiger partial charge in [-0.3, -0.25) is 4.68 Å². The van der Waals surface area contributed by atoms with E-state index < -0.39 is 5.97 Å². The van der Waals surface area contributed by atoms with Crippen LogP contribution in [-0.4, -0.2) is 34.1 Å². The minimum atomic E-state index is -0.918. The average molecular weight is 437 g/mol. The molecule has 0 atom stereocenters. The summed E-state index contributed by atoms with van der Waals surface area (Å²) in [6, 6.07) is 16.7. The van der Waals surface area contributed by atoms with E-state index in [1.54, 1.807) is 0 Å². The van der Waals surface area contributed by atoms with Crippen molar-refractivity contribution in [1.82, 2.24) is 9.78 Å². The van der Waals surface area contributed by atoms with Crippen LogP contribution in [-0.2, 0) is 16.1 Å². The van der Waals surface area contributed by atoms with E-state index in [2.05, 4.69) is 23.7 Å². The first kappa shape index (κ1) is 22.2. The molecule has 1 fully saturated rings. The molecule has 6 heteroatoms. The van der Waals surface area contributed by atoms with Gasteiger partial charge in [-0.25, -0.2) is 9.18 Å². The van der Waals surface area contributed by atoms with Gasteiger partial charge in [-0.05, 0) is 62.1 Å². The summed E-state index contributed by atoms with van der Waals surface area (Å²) in [6.07, 6.45) is 4.24. The Morgan fingerprint density at radius 3 is 2.34 bits per heavy atom. The number of carboxylic acids is 1. The van der Waals surface area contributed by atoms with Crippen LogP contribution < -0.4 is 0 Å². The summed E-state index contributed by atoms with van der Waals surface area (Å²) in [5.41, 5.74) is 5.07. The Hall–Kier alpha value is -2.99. The second-order valence-corrected chi connectivity index (χ2v) is 8.66. The summed E-state index contributed by atoms with van der Waals surface area (Å²) < 4.78 is 20.9. The molecule has 0 bridgehead atoms. The lowest BCUT2D eigenvalue weighted by Crippen LogP contribution is -2.23. The fourth-order valence-electron chi connectivity index (χ4n) is 4.62. The molecule has 1 heterocycles. The third kappa shape index (κ3) is 5.25. The Balaban J connectivity index is 1.51. The molecule has 2 aromatic carbocycles. The van der Waals surface area contributed by atoms with E-state index in [0.29, 0.717) is 18.4 Å². The zero-order valence-corrected chi connectivity index (χ0v) is 18.3. The molecule has 0 saturated heterocycles. The van der Waals surface area contributed by atoms with Crippen LogP contribution in [0, 0.1) is 24.6 Å². The maximum atomic E-state index is 13.5. The van der Waals surface area contributed by atoms with Gasteiger partial charge in [-0.15, -0.1) is 0 Å². The number of carboxylic acid groups (broad SMARTS) is 1. The molecule has 1 saturated carbocycles. The second kappa shape index (κ2) is 10.1. The molecule has 0 amide bonds. The number of rotatable bonds is 8. The summed E-state index contributed by atoms with van der Waals surface area (Å²) in [5.74, 6) is -0.212. The van der Waals surface area contributed by atoms with Crippen molar-refractivity contribution in [3.63, 3.8) is 0 Å². The molecule has 0 radical (unpaired) electrons. The largest absolute Gasteiger partial charge is 0.480 e. The van der Waals surface area contributed by atoms with Crippen molar-refractivity contribution in [2.45, 2.75) is 39.2 Å². The third-order valence-electron chi connectivity index (χ3n) is 6.36. The van der Waals surface area contributed by atoms with E-state index in [1.807, 2.05) is 30.3 Å². The number of hydrogen-bond donors (Lipinski definition) is 1. The second-order valence-electron chi connectivity index (χ2n) is 8.66. The topological polar surface area (TPSA) is 64.4 Å². The number of ether oxygens (including phenoxy) is 1. The van der Waals surface area contributed by atoms with Crippen molar-refractivity contribution < 1.29 is 19.0 Å². The quantitative estimate of drug-likeness (QED) is 0.501. The third-order valence-corrected chi connectivity index (χ3v) is 6.36. The van der Waals surface area contributed by atoms with Gasteiger partial charge in [0.1, 0.15) is 18.1 Å². The number of carbonyl (C=O) groups is 1. The molecule has 5 nitrogen and oxygen atoms in total. The van der Waals surface area contributed by atoms with Gasteiger partial charge >= 0.3 is 5.97 Å². The van der Waals surface area contributed by atoms with Crippen LogP contribution in [0.15, 0.2) is 54.6 Å². The summed E-state index contributed by atoms with van der Waals surface area (Å²) in [5, 5.41) is 13.7. The molecule has 0 aliphatic heterocycles. The smallest absolute Gasteiger partial charge is 0.329 e. The lowest BCUT2D eigenvalue weighted by Gasteiger charge is -2.28. The number of aliphatic carboxylic acids is 1. The van der Waals surface area contributed by atoms with Gasteiger partial charge in [-0.2, -0.15) is 5.10 Å². The molecule has 1 aliphatic carbocycles. The Bertz CT molecular complexity index is 1040. The summed E-state index contributed by atoms with van der Waals surface area (Å²) >= 11 is 0. The van der Waals surface area contributed by atoms with Crippen LogP contribution in [0.5, 0.6) is 0 Å². The first-order valence-electron chi connectivity index (χ1n) is 11.2. The van der Waals surface area contributed by atoms with E-state index in [0.717, 1.165) is 60.3 Å². The van der Waals surface area contributed by atoms with Gasteiger partial charge in [0.05, 0.1) is 6.61 Å². The minimum absolute atomic E-state index is 0.221. The van der Waals surface area contributed by atoms with Crippen molar-refractivity contribution in [2.75, 3.05) is 13.2 Å². The van der Waals surface area contributed by atoms with Crippen LogP contribution >= 0.6 is 0 Å². The zero-order valence-electron chi connectivity index (χ0n) is 18.3. The maximum Gasteiger partial charge on any atom is 0.329 e. The zero-order chi connectivity index (χ0) is 22.5. The maximum absolute atomic E-state index is 13.5. The lowest BCUT2D eigenvalue weighted by atomic mass is 9.82. The van der Waals surface area contributed by atoms with E-state index in [4.69, 9.17) is 14.9 Å². The monoisotopic (exact) mass is 436 g/mol. The van der Waals surface area contributed by atoms with Crippen molar-refractivity contribution in [3.8, 4) is 22.4 Å². The predicted molar refractivity (Wildman–Crippen MR) is 122 cm³/mol. The van der Waals surface area contributed by atoms with Gasteiger partial charge < -0.3 is 9.84 Å². The van der Waals surface area contributed by atoms with Crippen LogP contribution in [0.2, 0.25) is 0 Å². The highest BCUT2D eigenvalue weighted by Crippen LogP contribution is 2.36. The fraction of sp³-hybridized carbons (Fsp3) is 0.385. The molecule has 1 aromatic heterocycles. The molecular weight excluding hydrogens is 407 g/mol. The normalized spacial score (nSPS) is 18.6. The van der Waals surface area contributed by atoms with Gasteiger partial charge in [0.2, 0.25) is 0 Å². The Morgan fingerprint density at radius 1 is 1.03 bits per heavy atom. The molecule has 0 unspecified atom stereocenters. The van der Waals surface area contributed by atoms with Crippen LogP contribution in [0.1, 0.15) is 31.4 Å². The van der Waals surface area contributed by atoms with Crippen molar-refractivity contribution >= 4 is 5.97 Å². The number of hydrogen-bond acceptors (Lipinski definition) is 3. The van der Waals surface area contributed by atoms with E-state index >= 15 is 0 Å². The minimum Gasteiger partial charge on any atom is -0.480 e. The van der Waals surface area contributed by atoms with Gasteiger partial charge in [0.25, 0.3) is 0 Å². The van der Waals surface area contributed by atoms with Crippen molar-refractivity contribution in [1.29, 1.82) is 0 Å². The standard InChI is InChI=1S/C26H29FN2O3/c1-18-25(21-11-13-23(27)14-12-21)26(22-5-3-2-4-6-22)28-29(18)15-19-7-9-20(10-8-19)16-32-17-24(30)31/h2-6,11-14,19-20H,7-10,15-17H2,1H3,(H,30,31). The van der Waals surface area contributed by atoms with E-state index in [1.165, 1.54) is 12.1 Å². The van der Waals surface area contributed by atoms with Crippen molar-refractivity contribution in [2.24, 2.45) is 11.8 Å². The van der Waals surface area contributed by atoms with E-state index in [-0.39, 0.29) is 12.4 Å². The van der Waals surface area contributed by atoms with Crippen LogP contribution in [0.4, 0.5) is 4.39 Å². The number of nitrogens with zero attached hydrogens (tertiary/aromatic N) is 2. The van der Waals surface area contributed by atoms with Gasteiger partial charge in [0, 0.05) is 23.4 Å². The molecular formula is C26H29FN2O3. The first-order chi connectivity index (χ1) is 15.5. The Labute approximate surface area is 187 Å². The summed E-state index contributed by atoms with van der Waals surface area (Å²) in [6.45, 7) is 3.23. The Kier molecular flexibility index (Phi) is 7.00. The molecule has 0 spiro atoms. The van der Waals surface area contributed by atoms with Crippen LogP contribution in [0.3, 0.4) is 0 Å².